The van der Waals surface area contributed by atoms with Gasteiger partial charge < -0.3 is 5.11 Å². The lowest BCUT2D eigenvalue weighted by Crippen LogP contribution is -2.11. The molecule has 0 saturated carbocycles. The molecule has 0 spiro atoms. The number of rotatable bonds is 6. The van der Waals surface area contributed by atoms with Crippen molar-refractivity contribution in [1.29, 1.82) is 0 Å². The first-order valence-electron chi connectivity index (χ1n) is 6.41. The first-order chi connectivity index (χ1) is 7.63. The molecule has 90 valence electrons. The number of hydrogen-bond acceptors (Lipinski definition) is 1. The molecule has 1 heteroatoms. The minimum Gasteiger partial charge on any atom is -0.508 e. The Balaban J connectivity index is 2.57. The molecular weight excluding hydrogens is 196 g/mol. The summed E-state index contributed by atoms with van der Waals surface area (Å²) in [5.74, 6) is 1.86. The van der Waals surface area contributed by atoms with Crippen molar-refractivity contribution in [3.63, 3.8) is 0 Å². The molecule has 0 saturated heterocycles. The summed E-state index contributed by atoms with van der Waals surface area (Å²) in [6.07, 6.45) is 5.05. The second kappa shape index (κ2) is 6.57. The molecule has 1 aromatic carbocycles. The van der Waals surface area contributed by atoms with E-state index in [0.29, 0.717) is 5.75 Å². The summed E-state index contributed by atoms with van der Waals surface area (Å²) in [5.41, 5.74) is 1.34. The number of hydrogen-bond donors (Lipinski definition) is 1. The van der Waals surface area contributed by atoms with Crippen LogP contribution in [0.3, 0.4) is 0 Å². The lowest BCUT2D eigenvalue weighted by molar-refractivity contribution is 0.347. The van der Waals surface area contributed by atoms with E-state index in [4.69, 9.17) is 0 Å². The molecule has 0 radical (unpaired) electrons. The average molecular weight is 220 g/mol. The van der Waals surface area contributed by atoms with E-state index in [1.54, 1.807) is 12.1 Å². The van der Waals surface area contributed by atoms with Crippen LogP contribution in [0.25, 0.3) is 0 Å². The molecule has 0 amide bonds. The zero-order valence-electron chi connectivity index (χ0n) is 10.7. The minimum atomic E-state index is 0.360. The zero-order chi connectivity index (χ0) is 12.0. The average Bonchev–Trinajstić information content (AvgIpc) is 2.26. The van der Waals surface area contributed by atoms with Crippen LogP contribution in [0.5, 0.6) is 5.75 Å². The minimum absolute atomic E-state index is 0.360. The van der Waals surface area contributed by atoms with Gasteiger partial charge in [-0.15, -0.1) is 0 Å². The zero-order valence-corrected chi connectivity index (χ0v) is 10.7. The van der Waals surface area contributed by atoms with Gasteiger partial charge in [0.15, 0.2) is 0 Å². The molecule has 16 heavy (non-hydrogen) atoms. The summed E-state index contributed by atoms with van der Waals surface area (Å²) < 4.78 is 0. The molecular formula is C15H24O. The molecule has 0 aromatic heterocycles. The van der Waals surface area contributed by atoms with Crippen LogP contribution in [0.1, 0.15) is 45.6 Å². The highest BCUT2D eigenvalue weighted by Gasteiger charge is 2.13. The van der Waals surface area contributed by atoms with Crippen LogP contribution in [0.15, 0.2) is 24.3 Å². The quantitative estimate of drug-likeness (QED) is 0.753. The lowest BCUT2D eigenvalue weighted by atomic mass is 9.85. The summed E-state index contributed by atoms with van der Waals surface area (Å²) in [4.78, 5) is 0. The maximum Gasteiger partial charge on any atom is 0.115 e. The Morgan fingerprint density at radius 3 is 2.25 bits per heavy atom. The topological polar surface area (TPSA) is 20.2 Å². The number of benzene rings is 1. The molecule has 1 unspecified atom stereocenters. The summed E-state index contributed by atoms with van der Waals surface area (Å²) in [6, 6.07) is 7.65. The summed E-state index contributed by atoms with van der Waals surface area (Å²) in [7, 11) is 0. The van der Waals surface area contributed by atoms with Crippen molar-refractivity contribution < 1.29 is 5.11 Å². The van der Waals surface area contributed by atoms with Crippen molar-refractivity contribution in [1.82, 2.24) is 0 Å². The molecule has 1 rings (SSSR count). The van der Waals surface area contributed by atoms with E-state index >= 15 is 0 Å². The number of unbranched alkanes of at least 4 members (excludes halogenated alkanes) is 1. The van der Waals surface area contributed by atoms with Crippen molar-refractivity contribution in [2.24, 2.45) is 11.8 Å². The van der Waals surface area contributed by atoms with Crippen LogP contribution in [0.4, 0.5) is 0 Å². The van der Waals surface area contributed by atoms with E-state index in [9.17, 15) is 5.11 Å². The number of aromatic hydroxyl groups is 1. The fraction of sp³-hybridized carbons (Fsp3) is 0.600. The van der Waals surface area contributed by atoms with Crippen molar-refractivity contribution in [3.05, 3.63) is 29.8 Å². The van der Waals surface area contributed by atoms with Crippen molar-refractivity contribution in [2.45, 2.75) is 46.5 Å². The van der Waals surface area contributed by atoms with Gasteiger partial charge in [-0.2, -0.15) is 0 Å². The van der Waals surface area contributed by atoms with Crippen LogP contribution in [-0.4, -0.2) is 5.11 Å². The van der Waals surface area contributed by atoms with Crippen LogP contribution in [-0.2, 0) is 6.42 Å². The van der Waals surface area contributed by atoms with Gasteiger partial charge in [0.2, 0.25) is 0 Å². The Morgan fingerprint density at radius 2 is 1.75 bits per heavy atom. The van der Waals surface area contributed by atoms with Gasteiger partial charge in [-0.25, -0.2) is 0 Å². The van der Waals surface area contributed by atoms with Crippen molar-refractivity contribution in [2.75, 3.05) is 0 Å². The second-order valence-electron chi connectivity index (χ2n) is 5.02. The van der Waals surface area contributed by atoms with E-state index in [-0.39, 0.29) is 0 Å². The number of phenols is 1. The van der Waals surface area contributed by atoms with Gasteiger partial charge in [-0.05, 0) is 42.4 Å². The Bertz CT molecular complexity index is 287. The third-order valence-electron chi connectivity index (χ3n) is 3.31. The van der Waals surface area contributed by atoms with E-state index in [0.717, 1.165) is 18.3 Å². The molecule has 0 heterocycles. The van der Waals surface area contributed by atoms with Crippen LogP contribution < -0.4 is 0 Å². The van der Waals surface area contributed by atoms with Crippen molar-refractivity contribution in [3.8, 4) is 5.75 Å². The molecule has 1 N–H and O–H groups in total. The van der Waals surface area contributed by atoms with Crippen molar-refractivity contribution >= 4 is 0 Å². The van der Waals surface area contributed by atoms with Crippen LogP contribution >= 0.6 is 0 Å². The Morgan fingerprint density at radius 1 is 1.12 bits per heavy atom. The summed E-state index contributed by atoms with van der Waals surface area (Å²) in [6.45, 7) is 6.86. The van der Waals surface area contributed by atoms with Crippen LogP contribution in [0.2, 0.25) is 0 Å². The molecule has 0 aliphatic heterocycles. The summed E-state index contributed by atoms with van der Waals surface area (Å²) in [5, 5.41) is 9.24. The standard InChI is InChI=1S/C15H24O/c1-4-5-6-14(12(2)3)11-13-7-9-15(16)10-8-13/h7-10,12,14,16H,4-6,11H2,1-3H3. The highest BCUT2D eigenvalue weighted by molar-refractivity contribution is 5.26. The molecule has 0 fully saturated rings. The maximum atomic E-state index is 9.24. The van der Waals surface area contributed by atoms with Gasteiger partial charge in [-0.1, -0.05) is 45.7 Å². The van der Waals surface area contributed by atoms with Gasteiger partial charge in [0.1, 0.15) is 5.75 Å². The molecule has 0 aliphatic rings. The van der Waals surface area contributed by atoms with Gasteiger partial charge in [0.05, 0.1) is 0 Å². The Kier molecular flexibility index (Phi) is 5.37. The SMILES string of the molecule is CCCCC(Cc1ccc(O)cc1)C(C)C. The lowest BCUT2D eigenvalue weighted by Gasteiger charge is -2.20. The van der Waals surface area contributed by atoms with Gasteiger partial charge in [-0.3, -0.25) is 0 Å². The highest BCUT2D eigenvalue weighted by Crippen LogP contribution is 2.23. The maximum absolute atomic E-state index is 9.24. The predicted octanol–water partition coefficient (Wildman–Crippen LogP) is 4.40. The normalized spacial score (nSPS) is 13.0. The van der Waals surface area contributed by atoms with E-state index in [1.165, 1.54) is 24.8 Å². The molecule has 1 atom stereocenters. The van der Waals surface area contributed by atoms with E-state index in [1.807, 2.05) is 12.1 Å². The van der Waals surface area contributed by atoms with Gasteiger partial charge in [0.25, 0.3) is 0 Å². The Hall–Kier alpha value is -0.980. The van der Waals surface area contributed by atoms with E-state index in [2.05, 4.69) is 20.8 Å². The molecule has 1 aromatic rings. The Labute approximate surface area is 99.5 Å². The first kappa shape index (κ1) is 13.1. The van der Waals surface area contributed by atoms with Crippen LogP contribution in [0, 0.1) is 11.8 Å². The third-order valence-corrected chi connectivity index (χ3v) is 3.31. The van der Waals surface area contributed by atoms with Gasteiger partial charge in [0, 0.05) is 0 Å². The number of phenolic OH excluding ortho intramolecular Hbond substituents is 1. The smallest absolute Gasteiger partial charge is 0.115 e. The highest BCUT2D eigenvalue weighted by atomic mass is 16.3. The van der Waals surface area contributed by atoms with E-state index < -0.39 is 0 Å². The third kappa shape index (κ3) is 4.26. The van der Waals surface area contributed by atoms with Gasteiger partial charge >= 0.3 is 0 Å². The molecule has 1 nitrogen and oxygen atoms in total. The largest absolute Gasteiger partial charge is 0.508 e. The molecule has 0 aliphatic carbocycles. The fourth-order valence-electron chi connectivity index (χ4n) is 2.07. The first-order valence-corrected chi connectivity index (χ1v) is 6.41. The monoisotopic (exact) mass is 220 g/mol. The molecule has 0 bridgehead atoms. The predicted molar refractivity (Wildman–Crippen MR) is 69.7 cm³/mol. The second-order valence-corrected chi connectivity index (χ2v) is 5.02. The summed E-state index contributed by atoms with van der Waals surface area (Å²) >= 11 is 0. The fourth-order valence-corrected chi connectivity index (χ4v) is 2.07.